The third-order valence-corrected chi connectivity index (χ3v) is 4.94. The number of nitrogens with one attached hydrogen (secondary N) is 1. The molecular formula is C15H28N2O2. The van der Waals surface area contributed by atoms with Crippen molar-refractivity contribution < 1.29 is 9.90 Å². The molecule has 110 valence electrons. The van der Waals surface area contributed by atoms with E-state index in [-0.39, 0.29) is 11.5 Å². The molecule has 2 heterocycles. The lowest BCUT2D eigenvalue weighted by Gasteiger charge is -2.47. The maximum atomic E-state index is 11.4. The highest BCUT2D eigenvalue weighted by atomic mass is 16.4. The number of carboxylic acid groups (broad SMARTS) is 1. The second-order valence-corrected chi connectivity index (χ2v) is 7.23. The van der Waals surface area contributed by atoms with Crippen LogP contribution in [0.15, 0.2) is 0 Å². The van der Waals surface area contributed by atoms with Crippen LogP contribution in [0.4, 0.5) is 4.79 Å². The fourth-order valence-electron chi connectivity index (χ4n) is 3.79. The number of likely N-dealkylation sites (tertiary alicyclic amines) is 1. The van der Waals surface area contributed by atoms with Gasteiger partial charge in [-0.15, -0.1) is 0 Å². The van der Waals surface area contributed by atoms with Crippen LogP contribution in [0.25, 0.3) is 0 Å². The first-order valence-electron chi connectivity index (χ1n) is 7.60. The van der Waals surface area contributed by atoms with Gasteiger partial charge in [-0.05, 0) is 56.0 Å². The first-order valence-corrected chi connectivity index (χ1v) is 7.60. The highest BCUT2D eigenvalue weighted by molar-refractivity contribution is 5.65. The van der Waals surface area contributed by atoms with Crippen LogP contribution < -0.4 is 5.32 Å². The Morgan fingerprint density at radius 3 is 2.32 bits per heavy atom. The Morgan fingerprint density at radius 1 is 1.16 bits per heavy atom. The maximum Gasteiger partial charge on any atom is 0.407 e. The molecule has 0 radical (unpaired) electrons. The first kappa shape index (κ1) is 14.6. The van der Waals surface area contributed by atoms with Gasteiger partial charge in [-0.25, -0.2) is 4.79 Å². The van der Waals surface area contributed by atoms with Crippen LogP contribution in [0.3, 0.4) is 0 Å². The molecule has 0 aliphatic carbocycles. The smallest absolute Gasteiger partial charge is 0.407 e. The monoisotopic (exact) mass is 268 g/mol. The number of hydrogen-bond donors (Lipinski definition) is 2. The number of nitrogens with zero attached hydrogens (tertiary/aromatic N) is 1. The van der Waals surface area contributed by atoms with Gasteiger partial charge in [-0.2, -0.15) is 0 Å². The molecule has 0 saturated carbocycles. The average molecular weight is 268 g/mol. The fraction of sp³-hybridized carbons (Fsp3) is 0.933. The van der Waals surface area contributed by atoms with E-state index in [4.69, 9.17) is 0 Å². The predicted molar refractivity (Wildman–Crippen MR) is 76.3 cm³/mol. The molecule has 2 N–H and O–H groups in total. The lowest BCUT2D eigenvalue weighted by atomic mass is 9.71. The van der Waals surface area contributed by atoms with E-state index < -0.39 is 6.09 Å². The largest absolute Gasteiger partial charge is 0.465 e. The summed E-state index contributed by atoms with van der Waals surface area (Å²) < 4.78 is 0. The van der Waals surface area contributed by atoms with Crippen LogP contribution in [-0.2, 0) is 0 Å². The molecule has 2 rings (SSSR count). The summed E-state index contributed by atoms with van der Waals surface area (Å²) in [7, 11) is 0. The first-order chi connectivity index (χ1) is 8.89. The quantitative estimate of drug-likeness (QED) is 0.769. The van der Waals surface area contributed by atoms with Gasteiger partial charge in [-0.3, -0.25) is 0 Å². The Hall–Kier alpha value is -0.770. The van der Waals surface area contributed by atoms with Crippen molar-refractivity contribution in [2.45, 2.75) is 52.5 Å². The Labute approximate surface area is 116 Å². The molecule has 4 nitrogen and oxygen atoms in total. The fourth-order valence-corrected chi connectivity index (χ4v) is 3.79. The van der Waals surface area contributed by atoms with Crippen molar-refractivity contribution >= 4 is 6.09 Å². The normalized spacial score (nSPS) is 30.4. The summed E-state index contributed by atoms with van der Waals surface area (Å²) >= 11 is 0. The lowest BCUT2D eigenvalue weighted by Crippen LogP contribution is -2.53. The zero-order valence-electron chi connectivity index (χ0n) is 12.5. The van der Waals surface area contributed by atoms with Crippen molar-refractivity contribution in [2.75, 3.05) is 19.6 Å². The van der Waals surface area contributed by atoms with Crippen molar-refractivity contribution in [3.63, 3.8) is 0 Å². The van der Waals surface area contributed by atoms with Crippen molar-refractivity contribution in [3.05, 3.63) is 0 Å². The number of piperidine rings is 2. The summed E-state index contributed by atoms with van der Waals surface area (Å²) in [5.41, 5.74) is 0.0317. The minimum absolute atomic E-state index is 0.0317. The molecule has 2 fully saturated rings. The zero-order chi connectivity index (χ0) is 14.0. The Balaban J connectivity index is 2.05. The van der Waals surface area contributed by atoms with E-state index in [1.54, 1.807) is 4.90 Å². The van der Waals surface area contributed by atoms with Gasteiger partial charge in [0.25, 0.3) is 0 Å². The van der Waals surface area contributed by atoms with Gasteiger partial charge in [0.05, 0.1) is 0 Å². The molecular weight excluding hydrogens is 240 g/mol. The molecule has 0 aromatic rings. The van der Waals surface area contributed by atoms with E-state index in [2.05, 4.69) is 26.1 Å². The Kier molecular flexibility index (Phi) is 4.39. The van der Waals surface area contributed by atoms with Gasteiger partial charge >= 0.3 is 6.09 Å². The number of rotatable bonds is 1. The van der Waals surface area contributed by atoms with Crippen molar-refractivity contribution in [3.8, 4) is 0 Å². The van der Waals surface area contributed by atoms with Gasteiger partial charge in [0, 0.05) is 12.6 Å². The molecule has 2 saturated heterocycles. The van der Waals surface area contributed by atoms with Crippen LogP contribution in [-0.4, -0.2) is 41.8 Å². The number of carbonyl (C=O) groups is 1. The molecule has 2 aliphatic heterocycles. The van der Waals surface area contributed by atoms with Crippen molar-refractivity contribution in [2.24, 2.45) is 17.3 Å². The molecule has 0 spiro atoms. The molecule has 0 aromatic carbocycles. The second-order valence-electron chi connectivity index (χ2n) is 7.23. The van der Waals surface area contributed by atoms with Crippen molar-refractivity contribution in [1.29, 1.82) is 0 Å². The van der Waals surface area contributed by atoms with Crippen LogP contribution in [0.5, 0.6) is 0 Å². The average Bonchev–Trinajstić information content (AvgIpc) is 2.38. The topological polar surface area (TPSA) is 52.6 Å². The summed E-state index contributed by atoms with van der Waals surface area (Å²) in [6, 6.07) is 0.165. The van der Waals surface area contributed by atoms with E-state index in [9.17, 15) is 9.90 Å². The van der Waals surface area contributed by atoms with Gasteiger partial charge in [0.1, 0.15) is 0 Å². The SMILES string of the molecule is CC(C)(C)C1CC(C2CCNCC2)CCN1C(=O)O. The minimum atomic E-state index is -0.747. The van der Waals surface area contributed by atoms with Crippen LogP contribution in [0.2, 0.25) is 0 Å². The van der Waals surface area contributed by atoms with Gasteiger partial charge in [0.15, 0.2) is 0 Å². The second kappa shape index (κ2) is 5.70. The summed E-state index contributed by atoms with van der Waals surface area (Å²) in [5, 5.41) is 12.8. The Morgan fingerprint density at radius 2 is 1.79 bits per heavy atom. The van der Waals surface area contributed by atoms with Crippen LogP contribution in [0, 0.1) is 17.3 Å². The predicted octanol–water partition coefficient (Wildman–Crippen LogP) is 2.79. The standard InChI is InChI=1S/C15H28N2O2/c1-15(2,3)13-10-12(6-9-17(13)14(18)19)11-4-7-16-8-5-11/h11-13,16H,4-10H2,1-3H3,(H,18,19). The third-order valence-electron chi connectivity index (χ3n) is 4.94. The highest BCUT2D eigenvalue weighted by Crippen LogP contribution is 2.39. The van der Waals surface area contributed by atoms with E-state index >= 15 is 0 Å². The third kappa shape index (κ3) is 3.41. The molecule has 4 heteroatoms. The van der Waals surface area contributed by atoms with E-state index in [0.29, 0.717) is 12.5 Å². The van der Waals surface area contributed by atoms with E-state index in [1.807, 2.05) is 0 Å². The van der Waals surface area contributed by atoms with Crippen LogP contribution in [0.1, 0.15) is 46.5 Å². The highest BCUT2D eigenvalue weighted by Gasteiger charge is 2.40. The molecule has 1 amide bonds. The molecule has 0 bridgehead atoms. The summed E-state index contributed by atoms with van der Waals surface area (Å²) in [5.74, 6) is 1.50. The molecule has 2 aliphatic rings. The molecule has 0 aromatic heterocycles. The van der Waals surface area contributed by atoms with Crippen LogP contribution >= 0.6 is 0 Å². The Bertz CT molecular complexity index is 319. The molecule has 2 unspecified atom stereocenters. The van der Waals surface area contributed by atoms with Gasteiger partial charge in [-0.1, -0.05) is 20.8 Å². The maximum absolute atomic E-state index is 11.4. The van der Waals surface area contributed by atoms with Gasteiger partial charge < -0.3 is 15.3 Å². The molecule has 19 heavy (non-hydrogen) atoms. The van der Waals surface area contributed by atoms with Crippen molar-refractivity contribution in [1.82, 2.24) is 10.2 Å². The summed E-state index contributed by atoms with van der Waals surface area (Å²) in [6.45, 7) is 9.47. The minimum Gasteiger partial charge on any atom is -0.465 e. The van der Waals surface area contributed by atoms with Gasteiger partial charge in [0.2, 0.25) is 0 Å². The van der Waals surface area contributed by atoms with E-state index in [1.165, 1.54) is 12.8 Å². The number of amides is 1. The van der Waals surface area contributed by atoms with E-state index in [0.717, 1.165) is 31.8 Å². The summed E-state index contributed by atoms with van der Waals surface area (Å²) in [4.78, 5) is 13.1. The summed E-state index contributed by atoms with van der Waals surface area (Å²) in [6.07, 6.45) is 3.86. The lowest BCUT2D eigenvalue weighted by molar-refractivity contribution is 0.0236. The zero-order valence-corrected chi connectivity index (χ0v) is 12.5. The number of hydrogen-bond acceptors (Lipinski definition) is 2. The molecule has 2 atom stereocenters.